The largest absolute Gasteiger partial charge is 0.377 e. The van der Waals surface area contributed by atoms with Crippen molar-refractivity contribution in [3.8, 4) is 0 Å². The fourth-order valence-corrected chi connectivity index (χ4v) is 3.55. The van der Waals surface area contributed by atoms with Gasteiger partial charge in [0, 0.05) is 54.5 Å². The first kappa shape index (κ1) is 21.1. The highest BCUT2D eigenvalue weighted by Crippen LogP contribution is 2.12. The molecule has 0 aliphatic heterocycles. The number of aromatic nitrogens is 5. The van der Waals surface area contributed by atoms with Crippen molar-refractivity contribution in [2.75, 3.05) is 24.2 Å². The SMILES string of the molecule is Cc1[nH]cnc1CSCCNc1ncc(CCCOCc2cccnc2)c(=O)[nH]1. The maximum Gasteiger partial charge on any atom is 0.255 e. The Morgan fingerprint density at radius 1 is 1.28 bits per heavy atom. The standard InChI is InChI=1S/C20H26N6O2S/c1-15-18(25-14-24-15)13-29-9-7-22-20-23-11-17(19(27)26-20)5-3-8-28-12-16-4-2-6-21-10-16/h2,4,6,10-11,14H,3,5,7-9,12-13H2,1H3,(H,24,25)(H2,22,23,26,27). The van der Waals surface area contributed by atoms with Crippen molar-refractivity contribution in [1.82, 2.24) is 24.9 Å². The highest BCUT2D eigenvalue weighted by atomic mass is 32.2. The predicted molar refractivity (Wildman–Crippen MR) is 115 cm³/mol. The third-order valence-corrected chi connectivity index (χ3v) is 5.28. The van der Waals surface area contributed by atoms with Crippen LogP contribution in [-0.4, -0.2) is 43.8 Å². The van der Waals surface area contributed by atoms with E-state index in [2.05, 4.69) is 30.2 Å². The maximum atomic E-state index is 12.2. The van der Waals surface area contributed by atoms with Gasteiger partial charge in [-0.3, -0.25) is 14.8 Å². The van der Waals surface area contributed by atoms with Gasteiger partial charge in [0.05, 0.1) is 18.6 Å². The Labute approximate surface area is 174 Å². The van der Waals surface area contributed by atoms with Crippen molar-refractivity contribution < 1.29 is 4.74 Å². The van der Waals surface area contributed by atoms with Crippen LogP contribution < -0.4 is 10.9 Å². The van der Waals surface area contributed by atoms with E-state index in [-0.39, 0.29) is 5.56 Å². The molecular formula is C20H26N6O2S. The van der Waals surface area contributed by atoms with Crippen LogP contribution in [0, 0.1) is 6.92 Å². The van der Waals surface area contributed by atoms with Crippen LogP contribution in [0.4, 0.5) is 5.95 Å². The second-order valence-corrected chi connectivity index (χ2v) is 7.66. The number of ether oxygens (including phenoxy) is 1. The fourth-order valence-electron chi connectivity index (χ4n) is 2.67. The summed E-state index contributed by atoms with van der Waals surface area (Å²) in [6, 6.07) is 3.86. The number of rotatable bonds is 12. The molecule has 3 N–H and O–H groups in total. The van der Waals surface area contributed by atoms with Crippen LogP contribution in [0.15, 0.2) is 41.8 Å². The van der Waals surface area contributed by atoms with Gasteiger partial charge in [-0.15, -0.1) is 0 Å². The summed E-state index contributed by atoms with van der Waals surface area (Å²) < 4.78 is 5.62. The first-order valence-corrected chi connectivity index (χ1v) is 10.7. The van der Waals surface area contributed by atoms with Crippen LogP contribution in [0.25, 0.3) is 0 Å². The zero-order valence-corrected chi connectivity index (χ0v) is 17.3. The molecule has 29 heavy (non-hydrogen) atoms. The first-order chi connectivity index (χ1) is 14.2. The Balaban J connectivity index is 1.32. The van der Waals surface area contributed by atoms with Gasteiger partial charge in [0.15, 0.2) is 0 Å². The highest BCUT2D eigenvalue weighted by Gasteiger charge is 2.04. The Kier molecular flexibility index (Phi) is 8.26. The van der Waals surface area contributed by atoms with Crippen LogP contribution in [0.3, 0.4) is 0 Å². The van der Waals surface area contributed by atoms with Gasteiger partial charge in [-0.05, 0) is 31.4 Å². The van der Waals surface area contributed by atoms with E-state index in [1.54, 1.807) is 36.7 Å². The average Bonchev–Trinajstić information content (AvgIpc) is 3.14. The molecule has 0 aliphatic carbocycles. The number of nitrogens with zero attached hydrogens (tertiary/aromatic N) is 3. The van der Waals surface area contributed by atoms with Gasteiger partial charge < -0.3 is 15.0 Å². The van der Waals surface area contributed by atoms with Crippen LogP contribution in [-0.2, 0) is 23.5 Å². The number of anilines is 1. The molecule has 0 aliphatic rings. The number of nitrogens with one attached hydrogen (secondary N) is 3. The molecule has 0 spiro atoms. The molecule has 9 heteroatoms. The third-order valence-electron chi connectivity index (χ3n) is 4.31. The average molecular weight is 415 g/mol. The van der Waals surface area contributed by atoms with E-state index in [0.717, 1.165) is 41.4 Å². The minimum Gasteiger partial charge on any atom is -0.377 e. The van der Waals surface area contributed by atoms with E-state index >= 15 is 0 Å². The topological polar surface area (TPSA) is 109 Å². The number of aromatic amines is 2. The van der Waals surface area contributed by atoms with Crippen molar-refractivity contribution in [3.63, 3.8) is 0 Å². The Morgan fingerprint density at radius 3 is 2.97 bits per heavy atom. The fraction of sp³-hybridized carbons (Fsp3) is 0.400. The number of hydrogen-bond acceptors (Lipinski definition) is 7. The molecule has 0 atom stereocenters. The monoisotopic (exact) mass is 414 g/mol. The molecule has 3 aromatic rings. The molecule has 154 valence electrons. The summed E-state index contributed by atoms with van der Waals surface area (Å²) in [4.78, 5) is 30.7. The van der Waals surface area contributed by atoms with Crippen molar-refractivity contribution in [1.29, 1.82) is 0 Å². The zero-order chi connectivity index (χ0) is 20.3. The summed E-state index contributed by atoms with van der Waals surface area (Å²) in [6.45, 7) is 3.85. The smallest absolute Gasteiger partial charge is 0.255 e. The van der Waals surface area contributed by atoms with E-state index in [0.29, 0.717) is 31.1 Å². The molecule has 0 fully saturated rings. The Bertz CT molecular complexity index is 928. The number of thioether (sulfide) groups is 1. The Morgan fingerprint density at radius 2 is 2.21 bits per heavy atom. The van der Waals surface area contributed by atoms with Gasteiger partial charge in [0.1, 0.15) is 0 Å². The lowest BCUT2D eigenvalue weighted by atomic mass is 10.2. The molecule has 0 saturated heterocycles. The molecule has 0 aromatic carbocycles. The number of H-pyrrole nitrogens is 2. The summed E-state index contributed by atoms with van der Waals surface area (Å²) in [5, 5.41) is 3.16. The summed E-state index contributed by atoms with van der Waals surface area (Å²) in [5.74, 6) is 2.26. The van der Waals surface area contributed by atoms with Crippen LogP contribution in [0.5, 0.6) is 0 Å². The lowest BCUT2D eigenvalue weighted by molar-refractivity contribution is 0.118. The summed E-state index contributed by atoms with van der Waals surface area (Å²) in [6.07, 6.45) is 8.28. The number of imidazole rings is 1. The Hall–Kier alpha value is -2.65. The molecule has 0 unspecified atom stereocenters. The quantitative estimate of drug-likeness (QED) is 0.391. The predicted octanol–water partition coefficient (Wildman–Crippen LogP) is 2.69. The molecule has 8 nitrogen and oxygen atoms in total. The second-order valence-electron chi connectivity index (χ2n) is 6.56. The molecule has 0 amide bonds. The van der Waals surface area contributed by atoms with Crippen molar-refractivity contribution in [2.24, 2.45) is 0 Å². The minimum absolute atomic E-state index is 0.102. The first-order valence-electron chi connectivity index (χ1n) is 9.57. The molecule has 0 bridgehead atoms. The number of aryl methyl sites for hydroxylation is 2. The minimum atomic E-state index is -0.102. The molecule has 3 aromatic heterocycles. The van der Waals surface area contributed by atoms with Crippen LogP contribution >= 0.6 is 11.8 Å². The zero-order valence-electron chi connectivity index (χ0n) is 16.5. The normalized spacial score (nSPS) is 10.9. The van der Waals surface area contributed by atoms with Crippen molar-refractivity contribution in [2.45, 2.75) is 32.1 Å². The van der Waals surface area contributed by atoms with Crippen molar-refractivity contribution >= 4 is 17.7 Å². The summed E-state index contributed by atoms with van der Waals surface area (Å²) in [7, 11) is 0. The van der Waals surface area contributed by atoms with Gasteiger partial charge in [-0.1, -0.05) is 6.07 Å². The van der Waals surface area contributed by atoms with E-state index in [1.807, 2.05) is 19.1 Å². The van der Waals surface area contributed by atoms with Gasteiger partial charge in [0.2, 0.25) is 5.95 Å². The molecule has 0 saturated carbocycles. The van der Waals surface area contributed by atoms with E-state index in [4.69, 9.17) is 4.74 Å². The molecule has 0 radical (unpaired) electrons. The van der Waals surface area contributed by atoms with Crippen molar-refractivity contribution in [3.05, 3.63) is 69.9 Å². The van der Waals surface area contributed by atoms with E-state index < -0.39 is 0 Å². The van der Waals surface area contributed by atoms with Gasteiger partial charge in [-0.25, -0.2) is 9.97 Å². The van der Waals surface area contributed by atoms with Gasteiger partial charge >= 0.3 is 0 Å². The number of hydrogen-bond donors (Lipinski definition) is 3. The van der Waals surface area contributed by atoms with Crippen LogP contribution in [0.1, 0.15) is 28.9 Å². The van der Waals surface area contributed by atoms with E-state index in [1.165, 1.54) is 0 Å². The summed E-state index contributed by atoms with van der Waals surface area (Å²) >= 11 is 1.78. The lowest BCUT2D eigenvalue weighted by Crippen LogP contribution is -2.18. The molecular weight excluding hydrogens is 388 g/mol. The number of pyridine rings is 1. The third kappa shape index (κ3) is 7.03. The van der Waals surface area contributed by atoms with Gasteiger partial charge in [-0.2, -0.15) is 11.8 Å². The maximum absolute atomic E-state index is 12.2. The second kappa shape index (κ2) is 11.4. The highest BCUT2D eigenvalue weighted by molar-refractivity contribution is 7.98. The van der Waals surface area contributed by atoms with Crippen LogP contribution in [0.2, 0.25) is 0 Å². The summed E-state index contributed by atoms with van der Waals surface area (Å²) in [5.41, 5.74) is 3.79. The lowest BCUT2D eigenvalue weighted by Gasteiger charge is -2.07. The molecule has 3 rings (SSSR count). The molecule has 3 heterocycles. The van der Waals surface area contributed by atoms with E-state index in [9.17, 15) is 4.79 Å². The van der Waals surface area contributed by atoms with Gasteiger partial charge in [0.25, 0.3) is 5.56 Å².